The minimum absolute atomic E-state index is 0.0160. The molecule has 0 spiro atoms. The molecule has 226 valence electrons. The number of allylic oxidation sites excluding steroid dienone is 1. The van der Waals surface area contributed by atoms with Crippen molar-refractivity contribution < 1.29 is 13.9 Å². The molecule has 0 aromatic heterocycles. The van der Waals surface area contributed by atoms with Crippen molar-refractivity contribution in [1.29, 1.82) is 0 Å². The van der Waals surface area contributed by atoms with Gasteiger partial charge >= 0.3 is 0 Å². The van der Waals surface area contributed by atoms with Crippen molar-refractivity contribution in [3.63, 3.8) is 0 Å². The maximum Gasteiger partial charge on any atom is 0.227 e. The number of rotatable bonds is 20. The Bertz CT molecular complexity index is 1090. The van der Waals surface area contributed by atoms with Gasteiger partial charge in [0.1, 0.15) is 0 Å². The minimum Gasteiger partial charge on any atom is -0.491 e. The van der Waals surface area contributed by atoms with Gasteiger partial charge in [0.2, 0.25) is 5.91 Å². The van der Waals surface area contributed by atoms with E-state index in [4.69, 9.17) is 4.74 Å². The van der Waals surface area contributed by atoms with Crippen LogP contribution in [0.15, 0.2) is 53.6 Å². The number of unbranched alkanes of at least 4 members (excludes halogenated alkanes) is 11. The maximum atomic E-state index is 14.9. The number of anilines is 1. The first kappa shape index (κ1) is 33.0. The summed E-state index contributed by atoms with van der Waals surface area (Å²) in [7, 11) is 0. The monoisotopic (exact) mass is 582 g/mol. The molecule has 41 heavy (non-hydrogen) atoms. The largest absolute Gasteiger partial charge is 0.491 e. The van der Waals surface area contributed by atoms with Crippen LogP contribution in [0.1, 0.15) is 115 Å². The molecule has 4 nitrogen and oxygen atoms in total. The van der Waals surface area contributed by atoms with Gasteiger partial charge in [-0.05, 0) is 53.6 Å². The van der Waals surface area contributed by atoms with Gasteiger partial charge in [-0.3, -0.25) is 4.79 Å². The van der Waals surface area contributed by atoms with Crippen LogP contribution in [0, 0.1) is 5.82 Å². The molecule has 1 amide bonds. The van der Waals surface area contributed by atoms with Crippen molar-refractivity contribution in [2.75, 3.05) is 17.4 Å². The molecule has 0 fully saturated rings. The van der Waals surface area contributed by atoms with Crippen LogP contribution >= 0.6 is 11.8 Å². The summed E-state index contributed by atoms with van der Waals surface area (Å²) in [5.74, 6) is 0.884. The number of hydrogen-bond donors (Lipinski definition) is 0. The zero-order valence-electron chi connectivity index (χ0n) is 25.6. The number of carbonyl (C=O) groups is 1. The molecule has 0 bridgehead atoms. The molecule has 0 saturated carbocycles. The third-order valence-electron chi connectivity index (χ3n) is 7.63. The zero-order valence-corrected chi connectivity index (χ0v) is 26.5. The van der Waals surface area contributed by atoms with E-state index in [0.717, 1.165) is 42.1 Å². The summed E-state index contributed by atoms with van der Waals surface area (Å²) in [6.07, 6.45) is 18.0. The first-order valence-electron chi connectivity index (χ1n) is 15.9. The third-order valence-corrected chi connectivity index (χ3v) is 8.65. The summed E-state index contributed by atoms with van der Waals surface area (Å²) in [5.41, 5.74) is 2.74. The Kier molecular flexibility index (Phi) is 15.2. The predicted molar refractivity (Wildman–Crippen MR) is 173 cm³/mol. The quantitative estimate of drug-likeness (QED) is 0.145. The van der Waals surface area contributed by atoms with Gasteiger partial charge in [0.05, 0.1) is 19.0 Å². The fourth-order valence-electron chi connectivity index (χ4n) is 5.25. The lowest BCUT2D eigenvalue weighted by molar-refractivity contribution is -0.118. The fourth-order valence-corrected chi connectivity index (χ4v) is 6.01. The molecule has 0 N–H and O–H groups in total. The molecular formula is C35H51FN2O2S. The van der Waals surface area contributed by atoms with E-state index in [-0.39, 0.29) is 11.7 Å². The first-order chi connectivity index (χ1) is 20.0. The summed E-state index contributed by atoms with van der Waals surface area (Å²) < 4.78 is 20.7. The summed E-state index contributed by atoms with van der Waals surface area (Å²) >= 11 is 1.84. The number of carbonyl (C=O) groups excluding carboxylic acids is 1. The standard InChI is InChI=1S/C35H51FN2O2S/c1-4-6-7-8-9-10-11-12-13-14-15-16-22-40-34-21-20-31(24-33(34)36)27-38(35(39)5-2)32-19-17-18-30(23-32)26-37-25-29(3)41-28-37/h17-21,23-25H,4-16,22,26-28H2,1-3H3. The van der Waals surface area contributed by atoms with Gasteiger partial charge in [0.25, 0.3) is 0 Å². The molecule has 2 aromatic carbocycles. The highest BCUT2D eigenvalue weighted by Crippen LogP contribution is 2.28. The highest BCUT2D eigenvalue weighted by Gasteiger charge is 2.17. The topological polar surface area (TPSA) is 32.8 Å². The molecule has 1 aliphatic heterocycles. The molecule has 0 aliphatic carbocycles. The molecular weight excluding hydrogens is 531 g/mol. The second kappa shape index (κ2) is 18.9. The van der Waals surface area contributed by atoms with Crippen LogP contribution in [0.2, 0.25) is 0 Å². The first-order valence-corrected chi connectivity index (χ1v) is 16.8. The van der Waals surface area contributed by atoms with Crippen molar-refractivity contribution in [1.82, 2.24) is 4.90 Å². The molecule has 0 atom stereocenters. The van der Waals surface area contributed by atoms with E-state index in [1.54, 1.807) is 11.0 Å². The summed E-state index contributed by atoms with van der Waals surface area (Å²) in [5, 5.41) is 0. The van der Waals surface area contributed by atoms with Crippen molar-refractivity contribution in [3.8, 4) is 5.75 Å². The predicted octanol–water partition coefficient (Wildman–Crippen LogP) is 10.2. The van der Waals surface area contributed by atoms with Crippen LogP contribution in [0.3, 0.4) is 0 Å². The van der Waals surface area contributed by atoms with Crippen LogP contribution in [-0.4, -0.2) is 23.3 Å². The zero-order chi connectivity index (χ0) is 29.3. The third kappa shape index (κ3) is 12.1. The van der Waals surface area contributed by atoms with E-state index in [1.807, 2.05) is 36.9 Å². The van der Waals surface area contributed by atoms with Crippen LogP contribution < -0.4 is 9.64 Å². The summed E-state index contributed by atoms with van der Waals surface area (Å²) in [6.45, 7) is 7.90. The lowest BCUT2D eigenvalue weighted by Crippen LogP contribution is -2.29. The molecule has 6 heteroatoms. The lowest BCUT2D eigenvalue weighted by Gasteiger charge is -2.24. The second-order valence-corrected chi connectivity index (χ2v) is 12.5. The van der Waals surface area contributed by atoms with Crippen molar-refractivity contribution >= 4 is 23.4 Å². The Morgan fingerprint density at radius 1 is 0.902 bits per heavy atom. The number of nitrogens with zero attached hydrogens (tertiary/aromatic N) is 2. The van der Waals surface area contributed by atoms with E-state index < -0.39 is 0 Å². The van der Waals surface area contributed by atoms with E-state index in [2.05, 4.69) is 37.1 Å². The van der Waals surface area contributed by atoms with Gasteiger partial charge < -0.3 is 14.5 Å². The lowest BCUT2D eigenvalue weighted by atomic mass is 10.1. The van der Waals surface area contributed by atoms with Crippen LogP contribution in [-0.2, 0) is 17.9 Å². The van der Waals surface area contributed by atoms with E-state index >= 15 is 0 Å². The van der Waals surface area contributed by atoms with Crippen molar-refractivity contribution in [2.45, 2.75) is 117 Å². The van der Waals surface area contributed by atoms with Crippen LogP contribution in [0.5, 0.6) is 5.75 Å². The van der Waals surface area contributed by atoms with Crippen molar-refractivity contribution in [3.05, 3.63) is 70.5 Å². The van der Waals surface area contributed by atoms with Crippen molar-refractivity contribution in [2.24, 2.45) is 0 Å². The molecule has 3 rings (SSSR count). The molecule has 2 aromatic rings. The Labute approximate surface area is 252 Å². The number of benzene rings is 2. The maximum absolute atomic E-state index is 14.9. The average Bonchev–Trinajstić information content (AvgIpc) is 3.38. The molecule has 0 unspecified atom stereocenters. The molecule has 0 saturated heterocycles. The minimum atomic E-state index is -0.368. The van der Waals surface area contributed by atoms with Gasteiger partial charge in [-0.25, -0.2) is 4.39 Å². The Morgan fingerprint density at radius 2 is 1.59 bits per heavy atom. The van der Waals surface area contributed by atoms with Crippen LogP contribution in [0.4, 0.5) is 10.1 Å². The van der Waals surface area contributed by atoms with E-state index in [9.17, 15) is 9.18 Å². The van der Waals surface area contributed by atoms with Gasteiger partial charge in [-0.15, -0.1) is 11.8 Å². The van der Waals surface area contributed by atoms with Crippen LogP contribution in [0.25, 0.3) is 0 Å². The number of ether oxygens (including phenoxy) is 1. The Hall–Kier alpha value is -2.47. The number of halogens is 1. The molecule has 1 aliphatic rings. The highest BCUT2D eigenvalue weighted by molar-refractivity contribution is 8.03. The van der Waals surface area contributed by atoms with Gasteiger partial charge in [0.15, 0.2) is 11.6 Å². The molecule has 1 heterocycles. The van der Waals surface area contributed by atoms with Gasteiger partial charge in [-0.1, -0.05) is 103 Å². The fraction of sp³-hybridized carbons (Fsp3) is 0.571. The Balaban J connectivity index is 1.42. The van der Waals surface area contributed by atoms with E-state index in [0.29, 0.717) is 25.3 Å². The number of amides is 1. The summed E-state index contributed by atoms with van der Waals surface area (Å²) in [4.78, 5) is 18.2. The second-order valence-electron chi connectivity index (χ2n) is 11.3. The molecule has 0 radical (unpaired) electrons. The Morgan fingerprint density at radius 3 is 2.20 bits per heavy atom. The number of thioether (sulfide) groups is 1. The average molecular weight is 583 g/mol. The SMILES string of the molecule is CCCCCCCCCCCCCCOc1ccc(CN(C(=O)CC)c2cccc(CN3C=C(C)SC3)c2)cc1F. The van der Waals surface area contributed by atoms with E-state index in [1.165, 1.54) is 75.2 Å². The number of hydrogen-bond acceptors (Lipinski definition) is 4. The van der Waals surface area contributed by atoms with Gasteiger partial charge in [0, 0.05) is 24.9 Å². The summed E-state index contributed by atoms with van der Waals surface area (Å²) in [6, 6.07) is 13.2. The normalized spacial score (nSPS) is 13.0. The highest BCUT2D eigenvalue weighted by atomic mass is 32.2. The van der Waals surface area contributed by atoms with Gasteiger partial charge in [-0.2, -0.15) is 0 Å². The smallest absolute Gasteiger partial charge is 0.227 e.